The van der Waals surface area contributed by atoms with Gasteiger partial charge in [0.05, 0.1) is 9.52 Å². The maximum Gasteiger partial charge on any atom is 0.0845 e. The van der Waals surface area contributed by atoms with Gasteiger partial charge in [-0.15, -0.1) is 0 Å². The molecule has 0 fully saturated rings. The second kappa shape index (κ2) is 6.20. The van der Waals surface area contributed by atoms with Crippen LogP contribution in [0.5, 0.6) is 0 Å². The van der Waals surface area contributed by atoms with E-state index in [9.17, 15) is 0 Å². The van der Waals surface area contributed by atoms with Gasteiger partial charge in [0.15, 0.2) is 0 Å². The molecule has 0 N–H and O–H groups in total. The Balaban J connectivity index is 2.01. The summed E-state index contributed by atoms with van der Waals surface area (Å²) < 4.78 is 0. The Kier molecular flexibility index (Phi) is 4.61. The van der Waals surface area contributed by atoms with Crippen LogP contribution in [-0.2, 0) is 0 Å². The molecule has 0 amide bonds. The van der Waals surface area contributed by atoms with Gasteiger partial charge in [-0.2, -0.15) is 0 Å². The van der Waals surface area contributed by atoms with E-state index < -0.39 is 0 Å². The largest absolute Gasteiger partial charge is 0.0856 e. The van der Waals surface area contributed by atoms with Crippen molar-refractivity contribution >= 4 is 14.7 Å². The van der Waals surface area contributed by atoms with Crippen LogP contribution in [0.2, 0.25) is 5.54 Å². The lowest BCUT2D eigenvalue weighted by Crippen LogP contribution is -2.24. The van der Waals surface area contributed by atoms with E-state index in [4.69, 9.17) is 0 Å². The zero-order valence-corrected chi connectivity index (χ0v) is 11.9. The zero-order valence-electron chi connectivity index (χ0n) is 10.9. The van der Waals surface area contributed by atoms with Crippen LogP contribution in [0.1, 0.15) is 39.5 Å². The molecule has 2 radical (unpaired) electrons. The van der Waals surface area contributed by atoms with Gasteiger partial charge in [-0.25, -0.2) is 0 Å². The lowest BCUT2D eigenvalue weighted by atomic mass is 9.92. The van der Waals surface area contributed by atoms with Crippen LogP contribution < -0.4 is 5.19 Å². The van der Waals surface area contributed by atoms with Gasteiger partial charge in [0.25, 0.3) is 0 Å². The molecule has 17 heavy (non-hydrogen) atoms. The predicted octanol–water partition coefficient (Wildman–Crippen LogP) is 3.96. The average Bonchev–Trinajstić information content (AvgIpc) is 2.34. The molecule has 2 atom stereocenters. The van der Waals surface area contributed by atoms with Gasteiger partial charge in [-0.3, -0.25) is 0 Å². The Morgan fingerprint density at radius 1 is 1.12 bits per heavy atom. The fraction of sp³-hybridized carbons (Fsp3) is 0.500. The Morgan fingerprint density at radius 3 is 2.65 bits per heavy atom. The maximum absolute atomic E-state index is 2.44. The summed E-state index contributed by atoms with van der Waals surface area (Å²) in [5.41, 5.74) is 2.49. The minimum atomic E-state index is 0.873. The summed E-state index contributed by atoms with van der Waals surface area (Å²) >= 11 is 0. The van der Waals surface area contributed by atoms with E-state index in [1.54, 1.807) is 5.57 Å². The summed E-state index contributed by atoms with van der Waals surface area (Å²) in [7, 11) is 0.989. The number of allylic oxidation sites excluding steroid dienone is 2. The number of hydrogen-bond donors (Lipinski definition) is 0. The number of benzene rings is 1. The first-order valence-corrected chi connectivity index (χ1v) is 7.80. The first kappa shape index (κ1) is 12.6. The third kappa shape index (κ3) is 3.85. The molecule has 0 bridgehead atoms. The monoisotopic (exact) mass is 242 g/mol. The van der Waals surface area contributed by atoms with E-state index >= 15 is 0 Å². The topological polar surface area (TPSA) is 0 Å². The standard InChI is InChI=1S/C16H22Si/c1-13-7-6-8-14(2)16(12-11-13)17-15-9-4-3-5-10-15/h3-5,7,9-10,14,16H,6,8,11-12H2,1-2H3/b13-7-. The summed E-state index contributed by atoms with van der Waals surface area (Å²) in [4.78, 5) is 0. The number of rotatable bonds is 2. The number of hydrogen-bond acceptors (Lipinski definition) is 0. The lowest BCUT2D eigenvalue weighted by Gasteiger charge is -2.25. The second-order valence-corrected chi connectivity index (χ2v) is 6.87. The van der Waals surface area contributed by atoms with Crippen molar-refractivity contribution in [1.82, 2.24) is 0 Å². The minimum absolute atomic E-state index is 0.873. The Bertz CT molecular complexity index is 366. The molecule has 0 aliphatic heterocycles. The van der Waals surface area contributed by atoms with E-state index in [0.717, 1.165) is 21.0 Å². The fourth-order valence-corrected chi connectivity index (χ4v) is 4.08. The van der Waals surface area contributed by atoms with Crippen molar-refractivity contribution in [3.05, 3.63) is 42.0 Å². The first-order chi connectivity index (χ1) is 8.25. The van der Waals surface area contributed by atoms with Gasteiger partial charge in [0, 0.05) is 0 Å². The van der Waals surface area contributed by atoms with Gasteiger partial charge in [-0.1, -0.05) is 54.1 Å². The molecule has 1 aliphatic rings. The van der Waals surface area contributed by atoms with Crippen LogP contribution in [0.4, 0.5) is 0 Å². The highest BCUT2D eigenvalue weighted by atomic mass is 28.2. The van der Waals surface area contributed by atoms with Crippen LogP contribution in [0.15, 0.2) is 42.0 Å². The lowest BCUT2D eigenvalue weighted by molar-refractivity contribution is 0.466. The van der Waals surface area contributed by atoms with E-state index in [1.807, 2.05) is 0 Å². The Morgan fingerprint density at radius 2 is 1.88 bits per heavy atom. The maximum atomic E-state index is 2.44. The molecule has 2 rings (SSSR count). The molecule has 2 unspecified atom stereocenters. The SMILES string of the molecule is C/C1=C/CCC(C)C([Si]c2ccccc2)CC1. The van der Waals surface area contributed by atoms with Crippen molar-refractivity contribution in [2.24, 2.45) is 5.92 Å². The molecule has 90 valence electrons. The van der Waals surface area contributed by atoms with Crippen molar-refractivity contribution in [3.63, 3.8) is 0 Å². The fourth-order valence-electron chi connectivity index (χ4n) is 2.53. The predicted molar refractivity (Wildman–Crippen MR) is 77.0 cm³/mol. The normalized spacial score (nSPS) is 28.9. The molecule has 0 saturated carbocycles. The van der Waals surface area contributed by atoms with Gasteiger partial charge in [0.2, 0.25) is 0 Å². The van der Waals surface area contributed by atoms with Crippen LogP contribution in [0.3, 0.4) is 0 Å². The van der Waals surface area contributed by atoms with E-state index in [1.165, 1.54) is 30.9 Å². The van der Waals surface area contributed by atoms with Crippen LogP contribution >= 0.6 is 0 Å². The summed E-state index contributed by atoms with van der Waals surface area (Å²) in [5, 5.41) is 1.53. The molecule has 0 nitrogen and oxygen atoms in total. The van der Waals surface area contributed by atoms with Crippen LogP contribution in [0.25, 0.3) is 0 Å². The van der Waals surface area contributed by atoms with Crippen LogP contribution in [0, 0.1) is 5.92 Å². The molecule has 0 aromatic heterocycles. The van der Waals surface area contributed by atoms with Crippen molar-refractivity contribution < 1.29 is 0 Å². The van der Waals surface area contributed by atoms with E-state index in [0.29, 0.717) is 0 Å². The molecule has 0 saturated heterocycles. The van der Waals surface area contributed by atoms with Crippen molar-refractivity contribution in [2.45, 2.75) is 45.1 Å². The first-order valence-electron chi connectivity index (χ1n) is 6.73. The zero-order chi connectivity index (χ0) is 12.1. The van der Waals surface area contributed by atoms with Gasteiger partial charge >= 0.3 is 0 Å². The molecule has 0 heterocycles. The Labute approximate surface area is 108 Å². The molecular formula is C16H22Si. The molecule has 1 aliphatic carbocycles. The highest BCUT2D eigenvalue weighted by Gasteiger charge is 2.19. The molecule has 1 aromatic rings. The second-order valence-electron chi connectivity index (χ2n) is 5.26. The highest BCUT2D eigenvalue weighted by molar-refractivity contribution is 6.55. The minimum Gasteiger partial charge on any atom is -0.0856 e. The van der Waals surface area contributed by atoms with Crippen molar-refractivity contribution in [2.75, 3.05) is 0 Å². The highest BCUT2D eigenvalue weighted by Crippen LogP contribution is 2.30. The van der Waals surface area contributed by atoms with E-state index in [-0.39, 0.29) is 0 Å². The van der Waals surface area contributed by atoms with E-state index in [2.05, 4.69) is 50.3 Å². The molecule has 1 heteroatoms. The molecule has 1 aromatic carbocycles. The smallest absolute Gasteiger partial charge is 0.0845 e. The molecular weight excluding hydrogens is 220 g/mol. The summed E-state index contributed by atoms with van der Waals surface area (Å²) in [6.45, 7) is 4.73. The molecule has 0 spiro atoms. The quantitative estimate of drug-likeness (QED) is 0.544. The van der Waals surface area contributed by atoms with Crippen molar-refractivity contribution in [1.29, 1.82) is 0 Å². The van der Waals surface area contributed by atoms with Gasteiger partial charge in [-0.05, 0) is 44.1 Å². The summed E-state index contributed by atoms with van der Waals surface area (Å²) in [5.74, 6) is 0.873. The third-order valence-corrected chi connectivity index (χ3v) is 5.67. The van der Waals surface area contributed by atoms with Gasteiger partial charge < -0.3 is 0 Å². The summed E-state index contributed by atoms with van der Waals surface area (Å²) in [6, 6.07) is 11.0. The van der Waals surface area contributed by atoms with Crippen molar-refractivity contribution in [3.8, 4) is 0 Å². The third-order valence-electron chi connectivity index (χ3n) is 3.78. The van der Waals surface area contributed by atoms with Gasteiger partial charge in [0.1, 0.15) is 0 Å². The summed E-state index contributed by atoms with van der Waals surface area (Å²) in [6.07, 6.45) is 7.76. The average molecular weight is 242 g/mol. The van der Waals surface area contributed by atoms with Crippen LogP contribution in [-0.4, -0.2) is 9.52 Å². The Hall–Kier alpha value is -0.823.